The molecule has 0 fully saturated rings. The molecule has 0 bridgehead atoms. The molecule has 2 aromatic rings. The molecule has 0 saturated carbocycles. The molecule has 1 aromatic carbocycles. The zero-order valence-electron chi connectivity index (χ0n) is 11.9. The zero-order valence-corrected chi connectivity index (χ0v) is 13.5. The van der Waals surface area contributed by atoms with Crippen molar-refractivity contribution in [2.24, 2.45) is 0 Å². The highest BCUT2D eigenvalue weighted by Crippen LogP contribution is 2.21. The molecule has 0 radical (unpaired) electrons. The van der Waals surface area contributed by atoms with Crippen molar-refractivity contribution in [3.05, 3.63) is 45.9 Å². The van der Waals surface area contributed by atoms with Crippen LogP contribution in [0.1, 0.15) is 28.4 Å². The molecule has 0 aliphatic heterocycles. The minimum absolute atomic E-state index is 0.0464. The molecule has 1 aromatic heterocycles. The van der Waals surface area contributed by atoms with Gasteiger partial charge in [0.15, 0.2) is 0 Å². The summed E-state index contributed by atoms with van der Waals surface area (Å²) in [6.45, 7) is 3.75. The Bertz CT molecular complexity index is 693. The third kappa shape index (κ3) is 4.10. The highest BCUT2D eigenvalue weighted by molar-refractivity contribution is 7.89. The number of benzene rings is 1. The molecule has 2 N–H and O–H groups in total. The van der Waals surface area contributed by atoms with E-state index in [4.69, 9.17) is 5.11 Å². The topological polar surface area (TPSA) is 79.3 Å². The Kier molecular flexibility index (Phi) is 5.10. The van der Waals surface area contributed by atoms with E-state index in [1.165, 1.54) is 11.3 Å². The van der Waals surface area contributed by atoms with Gasteiger partial charge in [-0.2, -0.15) is 0 Å². The van der Waals surface area contributed by atoms with Crippen molar-refractivity contribution < 1.29 is 13.5 Å². The Labute approximate surface area is 128 Å². The summed E-state index contributed by atoms with van der Waals surface area (Å²) in [6, 6.07) is 6.15. The Hall–Kier alpha value is -1.28. The van der Waals surface area contributed by atoms with Crippen molar-refractivity contribution in [1.82, 2.24) is 9.71 Å². The number of thiazole rings is 1. The van der Waals surface area contributed by atoms with Crippen LogP contribution in [-0.4, -0.2) is 25.1 Å². The molecule has 0 saturated heterocycles. The average molecular weight is 326 g/mol. The van der Waals surface area contributed by atoms with Gasteiger partial charge in [0.2, 0.25) is 10.0 Å². The fourth-order valence-corrected chi connectivity index (χ4v) is 3.95. The highest BCUT2D eigenvalue weighted by atomic mass is 32.2. The van der Waals surface area contributed by atoms with Crippen LogP contribution < -0.4 is 4.72 Å². The maximum atomic E-state index is 12.3. The van der Waals surface area contributed by atoms with Gasteiger partial charge in [-0.3, -0.25) is 0 Å². The average Bonchev–Trinajstić information content (AvgIpc) is 2.86. The van der Waals surface area contributed by atoms with Gasteiger partial charge >= 0.3 is 0 Å². The number of hydrogen-bond acceptors (Lipinski definition) is 5. The maximum absolute atomic E-state index is 12.3. The van der Waals surface area contributed by atoms with E-state index >= 15 is 0 Å². The van der Waals surface area contributed by atoms with Crippen LogP contribution in [0, 0.1) is 6.92 Å². The van der Waals surface area contributed by atoms with Crippen LogP contribution in [0.3, 0.4) is 0 Å². The minimum Gasteiger partial charge on any atom is -0.396 e. The number of aromatic nitrogens is 1. The number of aliphatic hydroxyl groups is 1. The quantitative estimate of drug-likeness (QED) is 0.851. The summed E-state index contributed by atoms with van der Waals surface area (Å²) >= 11 is 1.47. The van der Waals surface area contributed by atoms with Gasteiger partial charge in [-0.25, -0.2) is 18.1 Å². The Balaban J connectivity index is 2.14. The van der Waals surface area contributed by atoms with Gasteiger partial charge in [-0.15, -0.1) is 11.3 Å². The number of rotatable bonds is 6. The molecule has 7 heteroatoms. The Morgan fingerprint density at radius 2 is 2.00 bits per heavy atom. The van der Waals surface area contributed by atoms with Crippen LogP contribution in [0.5, 0.6) is 0 Å². The van der Waals surface area contributed by atoms with Crippen LogP contribution in [0.4, 0.5) is 0 Å². The number of nitrogens with one attached hydrogen (secondary N) is 1. The van der Waals surface area contributed by atoms with Crippen molar-refractivity contribution in [3.8, 4) is 0 Å². The van der Waals surface area contributed by atoms with Crippen LogP contribution >= 0.6 is 11.3 Å². The van der Waals surface area contributed by atoms with Crippen LogP contribution in [0.15, 0.2) is 35.4 Å². The zero-order chi connectivity index (χ0) is 15.5. The van der Waals surface area contributed by atoms with E-state index in [1.807, 2.05) is 6.92 Å². The fraction of sp³-hybridized carbons (Fsp3) is 0.357. The van der Waals surface area contributed by atoms with Gasteiger partial charge in [0.05, 0.1) is 10.9 Å². The van der Waals surface area contributed by atoms with E-state index in [0.29, 0.717) is 6.42 Å². The van der Waals surface area contributed by atoms with Crippen LogP contribution in [0.25, 0.3) is 0 Å². The molecular weight excluding hydrogens is 308 g/mol. The standard InChI is InChI=1S/C14H18N2O3S2/c1-10-9-15-14(20-10)11(2)16-21(18,19)13-5-3-12(4-6-13)7-8-17/h3-6,9,11,16-17H,7-8H2,1-2H3. The molecule has 0 aliphatic carbocycles. The number of hydrogen-bond donors (Lipinski definition) is 2. The predicted octanol–water partition coefficient (Wildman–Crippen LogP) is 2.03. The lowest BCUT2D eigenvalue weighted by molar-refractivity contribution is 0.299. The monoisotopic (exact) mass is 326 g/mol. The van der Waals surface area contributed by atoms with E-state index in [2.05, 4.69) is 9.71 Å². The first-order valence-corrected chi connectivity index (χ1v) is 8.87. The summed E-state index contributed by atoms with van der Waals surface area (Å²) in [5.41, 5.74) is 0.903. The molecule has 0 aliphatic rings. The molecular formula is C14H18N2O3S2. The first-order chi connectivity index (χ1) is 9.92. The van der Waals surface area contributed by atoms with Crippen molar-refractivity contribution in [1.29, 1.82) is 0 Å². The molecule has 0 spiro atoms. The molecule has 0 amide bonds. The first-order valence-electron chi connectivity index (χ1n) is 6.57. The second-order valence-corrected chi connectivity index (χ2v) is 7.75. The Morgan fingerprint density at radius 3 is 2.52 bits per heavy atom. The summed E-state index contributed by atoms with van der Waals surface area (Å²) in [5, 5.41) is 9.60. The van der Waals surface area contributed by atoms with Crippen molar-refractivity contribution in [2.75, 3.05) is 6.61 Å². The number of sulfonamides is 1. The van der Waals surface area contributed by atoms with Gasteiger partial charge in [0, 0.05) is 17.7 Å². The lowest BCUT2D eigenvalue weighted by Gasteiger charge is -2.12. The van der Waals surface area contributed by atoms with Crippen LogP contribution in [-0.2, 0) is 16.4 Å². The summed E-state index contributed by atoms with van der Waals surface area (Å²) in [5.74, 6) is 0. The molecule has 114 valence electrons. The molecule has 1 heterocycles. The van der Waals surface area contributed by atoms with Crippen molar-refractivity contribution in [3.63, 3.8) is 0 Å². The SMILES string of the molecule is Cc1cnc(C(C)NS(=O)(=O)c2ccc(CCO)cc2)s1. The molecule has 5 nitrogen and oxygen atoms in total. The summed E-state index contributed by atoms with van der Waals surface area (Å²) in [7, 11) is -3.58. The molecule has 1 unspecified atom stereocenters. The molecule has 2 rings (SSSR count). The third-order valence-electron chi connectivity index (χ3n) is 2.98. The second-order valence-electron chi connectivity index (χ2n) is 4.77. The third-order valence-corrected chi connectivity index (χ3v) is 5.63. The summed E-state index contributed by atoms with van der Waals surface area (Å²) in [6.07, 6.45) is 2.25. The minimum atomic E-state index is -3.58. The number of aliphatic hydroxyl groups excluding tert-OH is 1. The predicted molar refractivity (Wildman–Crippen MR) is 82.8 cm³/mol. The van der Waals surface area contributed by atoms with Gasteiger partial charge in [0.1, 0.15) is 5.01 Å². The first kappa shape index (κ1) is 16.1. The van der Waals surface area contributed by atoms with E-state index < -0.39 is 10.0 Å². The Morgan fingerprint density at radius 1 is 1.33 bits per heavy atom. The fourth-order valence-electron chi connectivity index (χ4n) is 1.89. The molecule has 21 heavy (non-hydrogen) atoms. The second kappa shape index (κ2) is 6.65. The van der Waals surface area contributed by atoms with E-state index in [0.717, 1.165) is 15.4 Å². The van der Waals surface area contributed by atoms with Gasteiger partial charge < -0.3 is 5.11 Å². The van der Waals surface area contributed by atoms with Crippen molar-refractivity contribution in [2.45, 2.75) is 31.2 Å². The van der Waals surface area contributed by atoms with Gasteiger partial charge in [-0.1, -0.05) is 12.1 Å². The smallest absolute Gasteiger partial charge is 0.241 e. The summed E-state index contributed by atoms with van der Waals surface area (Å²) in [4.78, 5) is 5.45. The lowest BCUT2D eigenvalue weighted by atomic mass is 10.2. The summed E-state index contributed by atoms with van der Waals surface area (Å²) < 4.78 is 27.2. The highest BCUT2D eigenvalue weighted by Gasteiger charge is 2.20. The largest absolute Gasteiger partial charge is 0.396 e. The normalized spacial score (nSPS) is 13.3. The number of aryl methyl sites for hydroxylation is 1. The van der Waals surface area contributed by atoms with Crippen molar-refractivity contribution >= 4 is 21.4 Å². The van der Waals surface area contributed by atoms with E-state index in [9.17, 15) is 8.42 Å². The van der Waals surface area contributed by atoms with E-state index in [-0.39, 0.29) is 17.5 Å². The van der Waals surface area contributed by atoms with Gasteiger partial charge in [0.25, 0.3) is 0 Å². The van der Waals surface area contributed by atoms with E-state index in [1.54, 1.807) is 37.4 Å². The lowest BCUT2D eigenvalue weighted by Crippen LogP contribution is -2.26. The molecule has 1 atom stereocenters. The van der Waals surface area contributed by atoms with Crippen LogP contribution in [0.2, 0.25) is 0 Å². The van der Waals surface area contributed by atoms with Gasteiger partial charge in [-0.05, 0) is 38.0 Å². The number of nitrogens with zero attached hydrogens (tertiary/aromatic N) is 1. The maximum Gasteiger partial charge on any atom is 0.241 e.